The second kappa shape index (κ2) is 6.09. The topological polar surface area (TPSA) is 73.6 Å². The van der Waals surface area contributed by atoms with E-state index in [0.29, 0.717) is 5.92 Å². The highest BCUT2D eigenvalue weighted by Crippen LogP contribution is 2.34. The highest BCUT2D eigenvalue weighted by molar-refractivity contribution is 5.68. The van der Waals surface area contributed by atoms with E-state index in [-0.39, 0.29) is 17.7 Å². The summed E-state index contributed by atoms with van der Waals surface area (Å²) in [6.45, 7) is 9.62. The van der Waals surface area contributed by atoms with Crippen LogP contribution in [-0.2, 0) is 9.57 Å². The molecular formula is C14H28N2O3. The molecule has 0 aromatic rings. The Labute approximate surface area is 116 Å². The smallest absolute Gasteiger partial charge is 0.407 e. The average Bonchev–Trinajstić information content (AvgIpc) is 2.27. The van der Waals surface area contributed by atoms with Crippen molar-refractivity contribution >= 4 is 6.09 Å². The van der Waals surface area contributed by atoms with Crippen LogP contribution in [0.15, 0.2) is 0 Å². The number of hydrogen-bond acceptors (Lipinski definition) is 4. The van der Waals surface area contributed by atoms with Gasteiger partial charge in [-0.25, -0.2) is 10.7 Å². The van der Waals surface area contributed by atoms with E-state index >= 15 is 0 Å². The number of rotatable bonds is 3. The third-order valence-electron chi connectivity index (χ3n) is 3.73. The van der Waals surface area contributed by atoms with E-state index in [1.165, 1.54) is 0 Å². The Balaban J connectivity index is 2.37. The number of carbonyl (C=O) groups is 1. The fraction of sp³-hybridized carbons (Fsp3) is 0.929. The van der Waals surface area contributed by atoms with E-state index in [9.17, 15) is 4.79 Å². The maximum atomic E-state index is 11.7. The van der Waals surface area contributed by atoms with E-state index < -0.39 is 5.60 Å². The highest BCUT2D eigenvalue weighted by atomic mass is 16.6. The third-order valence-corrected chi connectivity index (χ3v) is 3.73. The van der Waals surface area contributed by atoms with Crippen molar-refractivity contribution in [3.8, 4) is 0 Å². The van der Waals surface area contributed by atoms with Gasteiger partial charge in [0.1, 0.15) is 5.60 Å². The minimum absolute atomic E-state index is 0.194. The molecule has 0 saturated heterocycles. The predicted octanol–water partition coefficient (Wildman–Crippen LogP) is 2.74. The Bertz CT molecular complexity index is 302. The van der Waals surface area contributed by atoms with Crippen LogP contribution in [0, 0.1) is 5.92 Å². The van der Waals surface area contributed by atoms with E-state index in [1.807, 2.05) is 34.6 Å². The summed E-state index contributed by atoms with van der Waals surface area (Å²) in [4.78, 5) is 16.7. The zero-order valence-electron chi connectivity index (χ0n) is 12.8. The molecule has 0 aliphatic heterocycles. The van der Waals surface area contributed by atoms with Crippen LogP contribution < -0.4 is 11.2 Å². The molecule has 0 unspecified atom stereocenters. The van der Waals surface area contributed by atoms with Gasteiger partial charge < -0.3 is 10.1 Å². The summed E-state index contributed by atoms with van der Waals surface area (Å²) in [5.41, 5.74) is -0.743. The lowest BCUT2D eigenvalue weighted by Gasteiger charge is -2.37. The van der Waals surface area contributed by atoms with E-state index in [4.69, 9.17) is 15.5 Å². The van der Waals surface area contributed by atoms with Gasteiger partial charge in [-0.1, -0.05) is 0 Å². The number of amides is 1. The van der Waals surface area contributed by atoms with Crippen LogP contribution in [0.4, 0.5) is 4.79 Å². The van der Waals surface area contributed by atoms with Gasteiger partial charge in [0.05, 0.1) is 5.60 Å². The van der Waals surface area contributed by atoms with Gasteiger partial charge in [0.2, 0.25) is 0 Å². The monoisotopic (exact) mass is 272 g/mol. The Morgan fingerprint density at radius 1 is 1.11 bits per heavy atom. The second-order valence-corrected chi connectivity index (χ2v) is 6.92. The Hall–Kier alpha value is -0.810. The zero-order valence-corrected chi connectivity index (χ0v) is 12.8. The summed E-state index contributed by atoms with van der Waals surface area (Å²) in [5.74, 6) is 5.77. The van der Waals surface area contributed by atoms with Crippen LogP contribution in [0.25, 0.3) is 0 Å². The maximum Gasteiger partial charge on any atom is 0.407 e. The van der Waals surface area contributed by atoms with E-state index in [2.05, 4.69) is 5.32 Å². The molecule has 0 radical (unpaired) electrons. The van der Waals surface area contributed by atoms with Gasteiger partial charge in [0.15, 0.2) is 0 Å². The van der Waals surface area contributed by atoms with Crippen LogP contribution in [-0.4, -0.2) is 23.3 Å². The van der Waals surface area contributed by atoms with Crippen LogP contribution in [0.5, 0.6) is 0 Å². The molecule has 5 heteroatoms. The predicted molar refractivity (Wildman–Crippen MR) is 74.5 cm³/mol. The summed E-state index contributed by atoms with van der Waals surface area (Å²) >= 11 is 0. The van der Waals surface area contributed by atoms with Crippen LogP contribution >= 0.6 is 0 Å². The zero-order chi connectivity index (χ0) is 14.7. The van der Waals surface area contributed by atoms with E-state index in [1.54, 1.807) is 0 Å². The normalized spacial score (nSPS) is 24.9. The van der Waals surface area contributed by atoms with Crippen molar-refractivity contribution in [2.24, 2.45) is 11.8 Å². The van der Waals surface area contributed by atoms with Crippen LogP contribution in [0.3, 0.4) is 0 Å². The minimum atomic E-state index is -0.448. The highest BCUT2D eigenvalue weighted by Gasteiger charge is 2.34. The van der Waals surface area contributed by atoms with Gasteiger partial charge in [-0.05, 0) is 66.2 Å². The fourth-order valence-corrected chi connectivity index (χ4v) is 2.50. The standard InChI is InChI=1S/C14H28N2O3/c1-13(2,3)18-12(17)16-11-8-6-10(7-9-11)14(4,5)19-15/h10-11H,6-9,15H2,1-5H3,(H,16,17). The van der Waals surface area contributed by atoms with Crippen LogP contribution in [0.2, 0.25) is 0 Å². The molecule has 0 heterocycles. The number of nitrogens with two attached hydrogens (primary N) is 1. The molecule has 0 aromatic heterocycles. The molecule has 5 nitrogen and oxygen atoms in total. The lowest BCUT2D eigenvalue weighted by molar-refractivity contribution is -0.0743. The number of ether oxygens (including phenoxy) is 1. The number of hydrogen-bond donors (Lipinski definition) is 2. The molecule has 1 rings (SSSR count). The van der Waals surface area contributed by atoms with Crippen LogP contribution in [0.1, 0.15) is 60.3 Å². The Morgan fingerprint density at radius 3 is 2.05 bits per heavy atom. The molecule has 0 bridgehead atoms. The van der Waals surface area contributed by atoms with Crippen molar-refractivity contribution in [1.82, 2.24) is 5.32 Å². The average molecular weight is 272 g/mol. The molecule has 1 aliphatic carbocycles. The summed E-state index contributed by atoms with van der Waals surface area (Å²) in [6, 6.07) is 0.194. The lowest BCUT2D eigenvalue weighted by atomic mass is 9.77. The first-order valence-electron chi connectivity index (χ1n) is 7.01. The molecule has 1 fully saturated rings. The summed E-state index contributed by atoms with van der Waals surface area (Å²) in [7, 11) is 0. The van der Waals surface area contributed by atoms with Crippen molar-refractivity contribution in [3.63, 3.8) is 0 Å². The summed E-state index contributed by atoms with van der Waals surface area (Å²) in [5, 5.41) is 2.93. The van der Waals surface area contributed by atoms with Gasteiger partial charge in [-0.15, -0.1) is 0 Å². The fourth-order valence-electron chi connectivity index (χ4n) is 2.50. The molecule has 0 atom stereocenters. The SMILES string of the molecule is CC(C)(C)OC(=O)NC1CCC(C(C)(C)ON)CC1. The van der Waals surface area contributed by atoms with Crippen molar-refractivity contribution in [1.29, 1.82) is 0 Å². The van der Waals surface area contributed by atoms with Crippen molar-refractivity contribution < 1.29 is 14.4 Å². The first kappa shape index (κ1) is 16.2. The molecule has 0 spiro atoms. The molecule has 1 amide bonds. The third kappa shape index (κ3) is 5.37. The molecule has 0 aromatic carbocycles. The summed E-state index contributed by atoms with van der Waals surface area (Å²) in [6.07, 6.45) is 3.56. The number of alkyl carbamates (subject to hydrolysis) is 1. The molecular weight excluding hydrogens is 244 g/mol. The minimum Gasteiger partial charge on any atom is -0.444 e. The lowest BCUT2D eigenvalue weighted by Crippen LogP contribution is -2.45. The molecule has 112 valence electrons. The van der Waals surface area contributed by atoms with Gasteiger partial charge in [0, 0.05) is 6.04 Å². The molecule has 1 saturated carbocycles. The molecule has 3 N–H and O–H groups in total. The largest absolute Gasteiger partial charge is 0.444 e. The Morgan fingerprint density at radius 2 is 1.63 bits per heavy atom. The molecule has 1 aliphatic rings. The summed E-state index contributed by atoms with van der Waals surface area (Å²) < 4.78 is 5.26. The second-order valence-electron chi connectivity index (χ2n) is 6.92. The number of carbonyl (C=O) groups excluding carboxylic acids is 1. The molecule has 19 heavy (non-hydrogen) atoms. The maximum absolute atomic E-state index is 11.7. The van der Waals surface area contributed by atoms with Crippen molar-refractivity contribution in [3.05, 3.63) is 0 Å². The number of nitrogens with one attached hydrogen (secondary N) is 1. The van der Waals surface area contributed by atoms with Crippen molar-refractivity contribution in [2.75, 3.05) is 0 Å². The van der Waals surface area contributed by atoms with Gasteiger partial charge in [-0.3, -0.25) is 4.84 Å². The first-order valence-corrected chi connectivity index (χ1v) is 7.01. The Kier molecular flexibility index (Phi) is 5.21. The van der Waals surface area contributed by atoms with E-state index in [0.717, 1.165) is 25.7 Å². The van der Waals surface area contributed by atoms with Gasteiger partial charge >= 0.3 is 6.09 Å². The van der Waals surface area contributed by atoms with Crippen molar-refractivity contribution in [2.45, 2.75) is 77.5 Å². The first-order chi connectivity index (χ1) is 8.64. The van der Waals surface area contributed by atoms with Gasteiger partial charge in [-0.2, -0.15) is 0 Å². The quantitative estimate of drug-likeness (QED) is 0.775. The van der Waals surface area contributed by atoms with Gasteiger partial charge in [0.25, 0.3) is 0 Å².